The molecule has 0 saturated carbocycles. The monoisotopic (exact) mass is 293 g/mol. The Balaban J connectivity index is 0.00000200. The maximum atomic E-state index is 11.5. The summed E-state index contributed by atoms with van der Waals surface area (Å²) in [4.78, 5) is 15.6. The zero-order valence-corrected chi connectivity index (χ0v) is 12.4. The minimum Gasteiger partial charge on any atom is -0.273 e. The van der Waals surface area contributed by atoms with Gasteiger partial charge in [0.15, 0.2) is 0 Å². The number of carbonyl (C=O) groups excluding carboxylic acids is 1. The zero-order chi connectivity index (χ0) is 13.5. The molecule has 1 aromatic heterocycles. The van der Waals surface area contributed by atoms with Crippen LogP contribution in [0.4, 0.5) is 0 Å². The van der Waals surface area contributed by atoms with Crippen molar-refractivity contribution >= 4 is 18.3 Å². The summed E-state index contributed by atoms with van der Waals surface area (Å²) in [6, 6.07) is 1.99. The van der Waals surface area contributed by atoms with Gasteiger partial charge in [0, 0.05) is 12.6 Å². The van der Waals surface area contributed by atoms with Crippen LogP contribution in [0.2, 0.25) is 0 Å². The van der Waals surface area contributed by atoms with Crippen molar-refractivity contribution in [3.05, 3.63) is 48.1 Å². The topological polar surface area (TPSA) is 47.2 Å². The lowest BCUT2D eigenvalue weighted by atomic mass is 10.1. The fraction of sp³-hybridized carbons (Fsp3) is 0.400. The molecule has 1 amide bonds. The van der Waals surface area contributed by atoms with Crippen molar-refractivity contribution in [1.82, 2.24) is 9.78 Å². The summed E-state index contributed by atoms with van der Waals surface area (Å²) in [7, 11) is 0. The van der Waals surface area contributed by atoms with Crippen LogP contribution >= 0.6 is 12.4 Å². The first-order valence-electron chi connectivity index (χ1n) is 6.75. The summed E-state index contributed by atoms with van der Waals surface area (Å²) in [5.74, 6) is -0.0705. The summed E-state index contributed by atoms with van der Waals surface area (Å²) in [5.41, 5.74) is 0. The Bertz CT molecular complexity index is 528. The molecule has 1 aliphatic rings. The van der Waals surface area contributed by atoms with Gasteiger partial charge in [-0.05, 0) is 18.9 Å². The average molecular weight is 294 g/mol. The van der Waals surface area contributed by atoms with Crippen molar-refractivity contribution in [2.24, 2.45) is 4.99 Å². The van der Waals surface area contributed by atoms with Crippen molar-refractivity contribution in [2.75, 3.05) is 0 Å². The van der Waals surface area contributed by atoms with E-state index < -0.39 is 0 Å². The van der Waals surface area contributed by atoms with Crippen LogP contribution in [0.5, 0.6) is 0 Å². The summed E-state index contributed by atoms with van der Waals surface area (Å²) in [6.45, 7) is 2.06. The van der Waals surface area contributed by atoms with E-state index in [1.54, 1.807) is 6.20 Å². The first-order chi connectivity index (χ1) is 9.29. The lowest BCUT2D eigenvalue weighted by Gasteiger charge is -2.13. The number of unbranched alkanes of at least 4 members (excludes halogenated alkanes) is 1. The minimum absolute atomic E-state index is 0. The molecule has 0 fully saturated rings. The maximum absolute atomic E-state index is 11.5. The number of rotatable bonds is 4. The molecule has 0 atom stereocenters. The third-order valence-corrected chi connectivity index (χ3v) is 2.96. The number of allylic oxidation sites excluding steroid dienone is 4. The van der Waals surface area contributed by atoms with Gasteiger partial charge >= 0.3 is 0 Å². The zero-order valence-electron chi connectivity index (χ0n) is 11.6. The molecule has 0 N–H and O–H groups in total. The normalized spacial score (nSPS) is 15.2. The van der Waals surface area contributed by atoms with Gasteiger partial charge in [-0.15, -0.1) is 12.4 Å². The van der Waals surface area contributed by atoms with Crippen LogP contribution in [0.25, 0.3) is 0 Å². The lowest BCUT2D eigenvalue weighted by molar-refractivity contribution is -0.118. The molecule has 0 aliphatic heterocycles. The van der Waals surface area contributed by atoms with Crippen molar-refractivity contribution in [1.29, 1.82) is 0 Å². The number of halogens is 1. The second kappa shape index (κ2) is 8.48. The molecule has 20 heavy (non-hydrogen) atoms. The maximum Gasteiger partial charge on any atom is 0.246 e. The van der Waals surface area contributed by atoms with Crippen LogP contribution in [-0.2, 0) is 4.79 Å². The largest absolute Gasteiger partial charge is 0.273 e. The van der Waals surface area contributed by atoms with Gasteiger partial charge < -0.3 is 0 Å². The number of hydrogen-bond donors (Lipinski definition) is 0. The predicted molar refractivity (Wildman–Crippen MR) is 81.5 cm³/mol. The minimum atomic E-state index is -0.0705. The molecule has 1 aliphatic carbocycles. The van der Waals surface area contributed by atoms with E-state index in [-0.39, 0.29) is 24.4 Å². The average Bonchev–Trinajstić information content (AvgIpc) is 2.47. The molecule has 1 heterocycles. The number of nitrogens with zero attached hydrogens (tertiary/aromatic N) is 3. The van der Waals surface area contributed by atoms with Crippen molar-refractivity contribution in [3.8, 4) is 0 Å². The highest BCUT2D eigenvalue weighted by molar-refractivity contribution is 5.85. The highest BCUT2D eigenvalue weighted by Gasteiger charge is 2.04. The van der Waals surface area contributed by atoms with Crippen LogP contribution < -0.4 is 5.36 Å². The first-order valence-corrected chi connectivity index (χ1v) is 6.75. The fourth-order valence-electron chi connectivity index (χ4n) is 1.89. The SMILES string of the molecule is CCCCC(=O)N=c1ccn(C2C=CCC=C2)nc1.Cl. The molecule has 0 saturated heterocycles. The summed E-state index contributed by atoms with van der Waals surface area (Å²) in [5, 5.41) is 4.93. The molecular formula is C15H20ClN3O. The quantitative estimate of drug-likeness (QED) is 0.801. The van der Waals surface area contributed by atoms with Gasteiger partial charge in [-0.1, -0.05) is 37.6 Å². The van der Waals surface area contributed by atoms with Gasteiger partial charge in [-0.2, -0.15) is 5.10 Å². The Hall–Kier alpha value is -1.68. The molecule has 5 heteroatoms. The number of hydrogen-bond acceptors (Lipinski definition) is 2. The Kier molecular flexibility index (Phi) is 6.94. The number of carbonyl (C=O) groups is 1. The molecule has 0 spiro atoms. The Morgan fingerprint density at radius 2 is 2.20 bits per heavy atom. The molecule has 0 bridgehead atoms. The van der Waals surface area contributed by atoms with Crippen molar-refractivity contribution < 1.29 is 4.79 Å². The molecule has 2 rings (SSSR count). The summed E-state index contributed by atoms with van der Waals surface area (Å²) >= 11 is 0. The predicted octanol–water partition coefficient (Wildman–Crippen LogP) is 2.98. The second-order valence-electron chi connectivity index (χ2n) is 4.56. The van der Waals surface area contributed by atoms with E-state index in [0.29, 0.717) is 11.8 Å². The third kappa shape index (κ3) is 4.78. The number of amides is 1. The standard InChI is InChI=1S/C15H19N3O.ClH/c1-2-3-9-15(19)17-13-10-11-18(16-12-13)14-7-5-4-6-8-14;/h5-8,10-12,14H,2-4,9H2,1H3;1H. The van der Waals surface area contributed by atoms with Crippen molar-refractivity contribution in [2.45, 2.75) is 38.6 Å². The molecule has 0 radical (unpaired) electrons. The van der Waals surface area contributed by atoms with E-state index in [9.17, 15) is 4.79 Å². The fourth-order valence-corrected chi connectivity index (χ4v) is 1.89. The smallest absolute Gasteiger partial charge is 0.246 e. The molecule has 4 nitrogen and oxygen atoms in total. The van der Waals surface area contributed by atoms with E-state index in [1.807, 2.05) is 16.9 Å². The molecular weight excluding hydrogens is 274 g/mol. The Morgan fingerprint density at radius 3 is 2.80 bits per heavy atom. The van der Waals surface area contributed by atoms with Gasteiger partial charge in [0.2, 0.25) is 5.91 Å². The summed E-state index contributed by atoms with van der Waals surface area (Å²) < 4.78 is 1.85. The molecule has 0 aromatic carbocycles. The van der Waals surface area contributed by atoms with Crippen LogP contribution in [-0.4, -0.2) is 15.7 Å². The van der Waals surface area contributed by atoms with E-state index in [0.717, 1.165) is 19.3 Å². The van der Waals surface area contributed by atoms with Crippen LogP contribution in [0.15, 0.2) is 47.8 Å². The van der Waals surface area contributed by atoms with Gasteiger partial charge in [0.25, 0.3) is 0 Å². The molecule has 0 unspecified atom stereocenters. The van der Waals surface area contributed by atoms with E-state index >= 15 is 0 Å². The van der Waals surface area contributed by atoms with Gasteiger partial charge in [0.1, 0.15) is 0 Å². The summed E-state index contributed by atoms with van der Waals surface area (Å²) in [6.07, 6.45) is 15.3. The van der Waals surface area contributed by atoms with Crippen LogP contribution in [0.1, 0.15) is 38.6 Å². The Labute approximate surface area is 125 Å². The first kappa shape index (κ1) is 16.4. The van der Waals surface area contributed by atoms with E-state index in [2.05, 4.69) is 41.3 Å². The van der Waals surface area contributed by atoms with Crippen LogP contribution in [0, 0.1) is 0 Å². The van der Waals surface area contributed by atoms with E-state index in [1.165, 1.54) is 0 Å². The third-order valence-electron chi connectivity index (χ3n) is 2.96. The van der Waals surface area contributed by atoms with Crippen LogP contribution in [0.3, 0.4) is 0 Å². The highest BCUT2D eigenvalue weighted by atomic mass is 35.5. The molecule has 108 valence electrons. The van der Waals surface area contributed by atoms with E-state index in [4.69, 9.17) is 0 Å². The van der Waals surface area contributed by atoms with Gasteiger partial charge in [-0.3, -0.25) is 9.48 Å². The molecule has 1 aromatic rings. The second-order valence-corrected chi connectivity index (χ2v) is 4.56. The van der Waals surface area contributed by atoms with Gasteiger partial charge in [-0.25, -0.2) is 4.99 Å². The lowest BCUT2D eigenvalue weighted by Crippen LogP contribution is -2.15. The number of aromatic nitrogens is 2. The van der Waals surface area contributed by atoms with Crippen molar-refractivity contribution in [3.63, 3.8) is 0 Å². The Morgan fingerprint density at radius 1 is 1.45 bits per heavy atom. The van der Waals surface area contributed by atoms with Gasteiger partial charge in [0.05, 0.1) is 17.6 Å². The highest BCUT2D eigenvalue weighted by Crippen LogP contribution is 2.12.